The van der Waals surface area contributed by atoms with Gasteiger partial charge >= 0.3 is 0 Å². The summed E-state index contributed by atoms with van der Waals surface area (Å²) in [5.74, 6) is -0.0948. The monoisotopic (exact) mass is 323 g/mol. The number of rotatable bonds is 3. The highest BCUT2D eigenvalue weighted by Crippen LogP contribution is 2.34. The number of carbonyl (C=O) groups excluding carboxylic acids is 2. The van der Waals surface area contributed by atoms with E-state index in [2.05, 4.69) is 15.8 Å². The summed E-state index contributed by atoms with van der Waals surface area (Å²) in [6.07, 6.45) is 1.56. The number of carbonyl (C=O) groups is 2. The molecule has 2 aromatic rings. The summed E-state index contributed by atoms with van der Waals surface area (Å²) in [5.41, 5.74) is 3.25. The van der Waals surface area contributed by atoms with Crippen molar-refractivity contribution < 1.29 is 14.3 Å². The fourth-order valence-electron chi connectivity index (χ4n) is 2.22. The molecule has 0 aliphatic carbocycles. The van der Waals surface area contributed by atoms with E-state index in [1.165, 1.54) is 0 Å². The molecule has 1 aliphatic rings. The fraction of sp³-hybridized carbons (Fsp3) is 0.167. The highest BCUT2D eigenvalue weighted by Gasteiger charge is 2.35. The number of ether oxygens (including phenoxy) is 1. The molecule has 1 heterocycles. The van der Waals surface area contributed by atoms with E-state index in [0.717, 1.165) is 5.56 Å². The lowest BCUT2D eigenvalue weighted by atomic mass is 10.0. The number of benzene rings is 2. The van der Waals surface area contributed by atoms with Crippen molar-refractivity contribution >= 4 is 23.7 Å². The Morgan fingerprint density at radius 3 is 2.71 bits per heavy atom. The zero-order valence-corrected chi connectivity index (χ0v) is 13.4. The average Bonchev–Trinajstić information content (AvgIpc) is 2.56. The minimum atomic E-state index is -0.934. The van der Waals surface area contributed by atoms with Crippen LogP contribution in [0.15, 0.2) is 53.6 Å². The molecule has 0 fully saturated rings. The topological polar surface area (TPSA) is 79.8 Å². The first kappa shape index (κ1) is 15.7. The van der Waals surface area contributed by atoms with E-state index < -0.39 is 5.60 Å². The fourth-order valence-corrected chi connectivity index (χ4v) is 2.22. The number of anilines is 1. The Morgan fingerprint density at radius 1 is 1.21 bits per heavy atom. The average molecular weight is 323 g/mol. The van der Waals surface area contributed by atoms with Crippen LogP contribution in [-0.2, 0) is 4.79 Å². The first-order valence-corrected chi connectivity index (χ1v) is 7.49. The second-order valence-electron chi connectivity index (χ2n) is 5.89. The molecule has 0 atom stereocenters. The van der Waals surface area contributed by atoms with Crippen LogP contribution < -0.4 is 15.5 Å². The molecule has 6 heteroatoms. The van der Waals surface area contributed by atoms with E-state index in [9.17, 15) is 9.59 Å². The van der Waals surface area contributed by atoms with Crippen LogP contribution in [0.1, 0.15) is 29.8 Å². The predicted molar refractivity (Wildman–Crippen MR) is 91.3 cm³/mol. The highest BCUT2D eigenvalue weighted by molar-refractivity contribution is 6.02. The number of fused-ring (bicyclic) bond motifs is 1. The van der Waals surface area contributed by atoms with E-state index >= 15 is 0 Å². The van der Waals surface area contributed by atoms with Gasteiger partial charge in [0.05, 0.1) is 11.9 Å². The van der Waals surface area contributed by atoms with E-state index in [1.807, 2.05) is 30.3 Å². The number of nitrogens with zero attached hydrogens (tertiary/aromatic N) is 1. The molecule has 0 saturated heterocycles. The van der Waals surface area contributed by atoms with Crippen LogP contribution >= 0.6 is 0 Å². The molecule has 0 spiro atoms. The van der Waals surface area contributed by atoms with Crippen LogP contribution in [0.3, 0.4) is 0 Å². The minimum absolute atomic E-state index is 0.255. The maximum absolute atomic E-state index is 12.2. The summed E-state index contributed by atoms with van der Waals surface area (Å²) < 4.78 is 5.63. The molecular weight excluding hydrogens is 306 g/mol. The summed E-state index contributed by atoms with van der Waals surface area (Å²) in [6.45, 7) is 3.37. The molecule has 0 bridgehead atoms. The lowest BCUT2D eigenvalue weighted by Crippen LogP contribution is -2.45. The number of hydrogen-bond donors (Lipinski definition) is 2. The van der Waals surface area contributed by atoms with Gasteiger partial charge in [0.25, 0.3) is 11.8 Å². The molecule has 0 saturated carbocycles. The van der Waals surface area contributed by atoms with Crippen LogP contribution in [-0.4, -0.2) is 23.6 Å². The van der Waals surface area contributed by atoms with Gasteiger partial charge in [-0.3, -0.25) is 9.59 Å². The lowest BCUT2D eigenvalue weighted by Gasteiger charge is -2.31. The van der Waals surface area contributed by atoms with Crippen molar-refractivity contribution in [2.75, 3.05) is 5.32 Å². The molecular formula is C18H17N3O3. The molecule has 6 nitrogen and oxygen atoms in total. The molecule has 2 aromatic carbocycles. The third-order valence-corrected chi connectivity index (χ3v) is 3.58. The largest absolute Gasteiger partial charge is 0.476 e. The quantitative estimate of drug-likeness (QED) is 0.673. The van der Waals surface area contributed by atoms with Gasteiger partial charge in [-0.25, -0.2) is 5.43 Å². The van der Waals surface area contributed by atoms with Crippen molar-refractivity contribution in [2.45, 2.75) is 19.4 Å². The molecule has 1 aliphatic heterocycles. The Morgan fingerprint density at radius 2 is 1.96 bits per heavy atom. The van der Waals surface area contributed by atoms with Gasteiger partial charge in [0.2, 0.25) is 0 Å². The Labute approximate surface area is 139 Å². The zero-order chi connectivity index (χ0) is 17.2. The van der Waals surface area contributed by atoms with Gasteiger partial charge < -0.3 is 10.1 Å². The van der Waals surface area contributed by atoms with Crippen LogP contribution in [0.4, 0.5) is 5.69 Å². The minimum Gasteiger partial charge on any atom is -0.476 e. The number of nitrogens with one attached hydrogen (secondary N) is 2. The standard InChI is InChI=1S/C18H17N3O3/c1-18(2)17(23)20-14-10-13(8-9-15(14)24-18)16(22)21-19-11-12-6-4-3-5-7-12/h3-11H,1-2H3,(H,20,23)(H,21,22). The zero-order valence-electron chi connectivity index (χ0n) is 13.4. The van der Waals surface area contributed by atoms with Gasteiger partial charge in [-0.1, -0.05) is 30.3 Å². The van der Waals surface area contributed by atoms with Crippen LogP contribution in [0.5, 0.6) is 5.75 Å². The highest BCUT2D eigenvalue weighted by atomic mass is 16.5. The van der Waals surface area contributed by atoms with Crippen molar-refractivity contribution in [2.24, 2.45) is 5.10 Å². The number of amides is 2. The first-order valence-electron chi connectivity index (χ1n) is 7.49. The van der Waals surface area contributed by atoms with Crippen LogP contribution in [0, 0.1) is 0 Å². The smallest absolute Gasteiger partial charge is 0.271 e. The Kier molecular flexibility index (Phi) is 4.04. The third kappa shape index (κ3) is 3.27. The van der Waals surface area contributed by atoms with Crippen LogP contribution in [0.25, 0.3) is 0 Å². The summed E-state index contributed by atoms with van der Waals surface area (Å²) in [5, 5.41) is 6.67. The molecule has 24 heavy (non-hydrogen) atoms. The SMILES string of the molecule is CC1(C)Oc2ccc(C(=O)NN=Cc3ccccc3)cc2NC1=O. The Balaban J connectivity index is 1.72. The third-order valence-electron chi connectivity index (χ3n) is 3.58. The summed E-state index contributed by atoms with van der Waals surface area (Å²) in [6, 6.07) is 14.3. The van der Waals surface area contributed by atoms with E-state index in [-0.39, 0.29) is 11.8 Å². The lowest BCUT2D eigenvalue weighted by molar-refractivity contribution is -0.129. The van der Waals surface area contributed by atoms with Gasteiger partial charge in [0.1, 0.15) is 5.75 Å². The molecule has 2 amide bonds. The number of hydrogen-bond acceptors (Lipinski definition) is 4. The maximum Gasteiger partial charge on any atom is 0.271 e. The molecule has 0 unspecified atom stereocenters. The Hall–Kier alpha value is -3.15. The first-order chi connectivity index (χ1) is 11.5. The molecule has 2 N–H and O–H groups in total. The summed E-state index contributed by atoms with van der Waals surface area (Å²) in [7, 11) is 0. The van der Waals surface area contributed by atoms with Gasteiger partial charge in [0.15, 0.2) is 5.60 Å². The maximum atomic E-state index is 12.2. The van der Waals surface area contributed by atoms with Gasteiger partial charge in [0, 0.05) is 5.56 Å². The van der Waals surface area contributed by atoms with Gasteiger partial charge in [-0.2, -0.15) is 5.10 Å². The molecule has 0 radical (unpaired) electrons. The normalized spacial score (nSPS) is 15.3. The van der Waals surface area contributed by atoms with Crippen molar-refractivity contribution in [1.29, 1.82) is 0 Å². The van der Waals surface area contributed by atoms with E-state index in [0.29, 0.717) is 17.0 Å². The van der Waals surface area contributed by atoms with Crippen molar-refractivity contribution in [1.82, 2.24) is 5.43 Å². The summed E-state index contributed by atoms with van der Waals surface area (Å²) >= 11 is 0. The Bertz CT molecular complexity index is 814. The van der Waals surface area contributed by atoms with Gasteiger partial charge in [-0.05, 0) is 37.6 Å². The summed E-state index contributed by atoms with van der Waals surface area (Å²) in [4.78, 5) is 24.1. The molecule has 122 valence electrons. The van der Waals surface area contributed by atoms with Crippen molar-refractivity contribution in [3.8, 4) is 5.75 Å². The van der Waals surface area contributed by atoms with E-state index in [4.69, 9.17) is 4.74 Å². The molecule has 0 aromatic heterocycles. The van der Waals surface area contributed by atoms with E-state index in [1.54, 1.807) is 38.3 Å². The molecule has 3 rings (SSSR count). The predicted octanol–water partition coefficient (Wildman–Crippen LogP) is 2.56. The number of hydrazone groups is 1. The van der Waals surface area contributed by atoms with Gasteiger partial charge in [-0.15, -0.1) is 0 Å². The second kappa shape index (κ2) is 6.16. The van der Waals surface area contributed by atoms with Crippen molar-refractivity contribution in [3.05, 3.63) is 59.7 Å². The van der Waals surface area contributed by atoms with Crippen LogP contribution in [0.2, 0.25) is 0 Å². The van der Waals surface area contributed by atoms with Crippen molar-refractivity contribution in [3.63, 3.8) is 0 Å². The second-order valence-corrected chi connectivity index (χ2v) is 5.89.